The second-order valence-corrected chi connectivity index (χ2v) is 8.19. The van der Waals surface area contributed by atoms with Gasteiger partial charge in [0.2, 0.25) is 0 Å². The molecule has 3 heteroatoms. The van der Waals surface area contributed by atoms with E-state index in [1.54, 1.807) is 0 Å². The molecule has 1 N–H and O–H groups in total. The maximum absolute atomic E-state index is 6.15. The van der Waals surface area contributed by atoms with Crippen molar-refractivity contribution in [3.8, 4) is 0 Å². The second kappa shape index (κ2) is 6.15. The third-order valence-electron chi connectivity index (χ3n) is 4.21. The van der Waals surface area contributed by atoms with Crippen molar-refractivity contribution in [2.24, 2.45) is 5.92 Å². The van der Waals surface area contributed by atoms with Gasteiger partial charge in [-0.15, -0.1) is 0 Å². The quantitative estimate of drug-likeness (QED) is 0.849. The van der Waals surface area contributed by atoms with Gasteiger partial charge in [0.1, 0.15) is 0 Å². The predicted molar refractivity (Wildman–Crippen MR) is 80.3 cm³/mol. The molecular weight excluding hydrogens is 242 g/mol. The molecule has 0 aromatic carbocycles. The summed E-state index contributed by atoms with van der Waals surface area (Å²) in [6, 6.07) is 0. The van der Waals surface area contributed by atoms with Crippen LogP contribution < -0.4 is 5.32 Å². The predicted octanol–water partition coefficient (Wildman–Crippen LogP) is 3.46. The van der Waals surface area contributed by atoms with E-state index in [-0.39, 0.29) is 11.1 Å². The Morgan fingerprint density at radius 1 is 1.28 bits per heavy atom. The fourth-order valence-electron chi connectivity index (χ4n) is 3.12. The van der Waals surface area contributed by atoms with E-state index in [4.69, 9.17) is 4.74 Å². The molecule has 18 heavy (non-hydrogen) atoms. The lowest BCUT2D eigenvalue weighted by Crippen LogP contribution is -2.44. The van der Waals surface area contributed by atoms with Gasteiger partial charge in [-0.25, -0.2) is 0 Å². The van der Waals surface area contributed by atoms with Gasteiger partial charge in [0.05, 0.1) is 5.60 Å². The molecule has 1 spiro atoms. The smallest absolute Gasteiger partial charge is 0.0700 e. The van der Waals surface area contributed by atoms with Crippen molar-refractivity contribution in [3.05, 3.63) is 0 Å². The molecule has 0 bridgehead atoms. The molecule has 0 aliphatic carbocycles. The highest BCUT2D eigenvalue weighted by Gasteiger charge is 2.38. The third kappa shape index (κ3) is 4.43. The molecule has 1 unspecified atom stereocenters. The summed E-state index contributed by atoms with van der Waals surface area (Å²) in [4.78, 5) is 0. The first kappa shape index (κ1) is 14.7. The van der Waals surface area contributed by atoms with Crippen molar-refractivity contribution in [1.82, 2.24) is 5.32 Å². The molecule has 2 aliphatic rings. The molecule has 0 aromatic heterocycles. The monoisotopic (exact) mass is 271 g/mol. The Kier molecular flexibility index (Phi) is 5.01. The number of ether oxygens (including phenoxy) is 1. The van der Waals surface area contributed by atoms with Crippen molar-refractivity contribution in [3.63, 3.8) is 0 Å². The van der Waals surface area contributed by atoms with Crippen LogP contribution in [0.3, 0.4) is 0 Å². The van der Waals surface area contributed by atoms with Crippen LogP contribution in [-0.2, 0) is 4.74 Å². The molecule has 106 valence electrons. The number of thioether (sulfide) groups is 1. The Bertz CT molecular complexity index is 250. The highest BCUT2D eigenvalue weighted by molar-refractivity contribution is 7.99. The molecule has 2 rings (SSSR count). The average Bonchev–Trinajstić information content (AvgIpc) is 2.28. The molecule has 0 aromatic rings. The van der Waals surface area contributed by atoms with Crippen LogP contribution in [0, 0.1) is 5.92 Å². The van der Waals surface area contributed by atoms with Crippen LogP contribution in [0.4, 0.5) is 0 Å². The largest absolute Gasteiger partial charge is 0.375 e. The summed E-state index contributed by atoms with van der Waals surface area (Å²) in [6.45, 7) is 8.88. The van der Waals surface area contributed by atoms with E-state index in [1.807, 2.05) is 0 Å². The Morgan fingerprint density at radius 2 is 2.00 bits per heavy atom. The molecule has 2 aliphatic heterocycles. The second-order valence-electron chi connectivity index (χ2n) is 6.97. The van der Waals surface area contributed by atoms with E-state index in [1.165, 1.54) is 43.6 Å². The fraction of sp³-hybridized carbons (Fsp3) is 1.00. The number of hydrogen-bond donors (Lipinski definition) is 1. The van der Waals surface area contributed by atoms with Crippen LogP contribution in [0.2, 0.25) is 0 Å². The molecule has 0 radical (unpaired) electrons. The van der Waals surface area contributed by atoms with Crippen LogP contribution in [0.5, 0.6) is 0 Å². The van der Waals surface area contributed by atoms with Crippen molar-refractivity contribution < 1.29 is 4.74 Å². The van der Waals surface area contributed by atoms with E-state index in [0.717, 1.165) is 19.1 Å². The van der Waals surface area contributed by atoms with Gasteiger partial charge in [-0.2, -0.15) is 11.8 Å². The summed E-state index contributed by atoms with van der Waals surface area (Å²) >= 11 is 2.09. The van der Waals surface area contributed by atoms with Crippen molar-refractivity contribution in [1.29, 1.82) is 0 Å². The molecular formula is C15H29NOS. The normalized spacial score (nSPS) is 28.5. The van der Waals surface area contributed by atoms with Gasteiger partial charge in [0, 0.05) is 12.1 Å². The maximum Gasteiger partial charge on any atom is 0.0700 e. The maximum atomic E-state index is 6.15. The Morgan fingerprint density at radius 3 is 2.67 bits per heavy atom. The first-order chi connectivity index (χ1) is 8.49. The lowest BCUT2D eigenvalue weighted by atomic mass is 9.80. The molecule has 0 saturated carbocycles. The zero-order valence-corrected chi connectivity index (χ0v) is 13.1. The Hall–Kier alpha value is 0.270. The van der Waals surface area contributed by atoms with Crippen molar-refractivity contribution in [2.45, 2.75) is 64.0 Å². The minimum absolute atomic E-state index is 0.254. The van der Waals surface area contributed by atoms with Gasteiger partial charge < -0.3 is 10.1 Å². The minimum atomic E-state index is 0.254. The number of hydrogen-bond acceptors (Lipinski definition) is 3. The van der Waals surface area contributed by atoms with Gasteiger partial charge in [-0.05, 0) is 76.8 Å². The first-order valence-corrected chi connectivity index (χ1v) is 8.61. The zero-order valence-electron chi connectivity index (χ0n) is 12.3. The van der Waals surface area contributed by atoms with Gasteiger partial charge in [-0.3, -0.25) is 0 Å². The topological polar surface area (TPSA) is 21.3 Å². The Labute approximate surface area is 117 Å². The highest BCUT2D eigenvalue weighted by Crippen LogP contribution is 2.40. The van der Waals surface area contributed by atoms with Gasteiger partial charge in [0.15, 0.2) is 0 Å². The summed E-state index contributed by atoms with van der Waals surface area (Å²) < 4.78 is 6.15. The number of nitrogens with one attached hydrogen (secondary N) is 1. The van der Waals surface area contributed by atoms with Crippen LogP contribution in [-0.4, -0.2) is 35.8 Å². The summed E-state index contributed by atoms with van der Waals surface area (Å²) in [7, 11) is 0. The zero-order chi connectivity index (χ0) is 13.1. The third-order valence-corrected chi connectivity index (χ3v) is 5.19. The lowest BCUT2D eigenvalue weighted by molar-refractivity contribution is -0.103. The molecule has 1 atom stereocenters. The lowest BCUT2D eigenvalue weighted by Gasteiger charge is -2.43. The van der Waals surface area contributed by atoms with Crippen molar-refractivity contribution >= 4 is 11.8 Å². The SMILES string of the molecule is CC(C)(C)NCCC1CCOC2(CCSCC2)C1. The van der Waals surface area contributed by atoms with Crippen LogP contribution in [0.25, 0.3) is 0 Å². The van der Waals surface area contributed by atoms with Crippen LogP contribution >= 0.6 is 11.8 Å². The molecule has 2 saturated heterocycles. The van der Waals surface area contributed by atoms with Crippen LogP contribution in [0.1, 0.15) is 52.9 Å². The summed E-state index contributed by atoms with van der Waals surface area (Å²) in [6.07, 6.45) is 6.44. The van der Waals surface area contributed by atoms with Gasteiger partial charge in [-0.1, -0.05) is 0 Å². The minimum Gasteiger partial charge on any atom is -0.375 e. The number of rotatable bonds is 3. The summed E-state index contributed by atoms with van der Waals surface area (Å²) in [5.41, 5.74) is 0.514. The standard InChI is InChI=1S/C15H29NOS/c1-14(2,3)16-8-4-13-5-9-17-15(12-13)6-10-18-11-7-15/h13,16H,4-12H2,1-3H3. The van der Waals surface area contributed by atoms with Gasteiger partial charge >= 0.3 is 0 Å². The van der Waals surface area contributed by atoms with E-state index in [9.17, 15) is 0 Å². The average molecular weight is 271 g/mol. The van der Waals surface area contributed by atoms with Gasteiger partial charge in [0.25, 0.3) is 0 Å². The molecule has 0 amide bonds. The molecule has 2 heterocycles. The highest BCUT2D eigenvalue weighted by atomic mass is 32.2. The molecule has 2 fully saturated rings. The van der Waals surface area contributed by atoms with E-state index < -0.39 is 0 Å². The summed E-state index contributed by atoms with van der Waals surface area (Å²) in [5, 5.41) is 3.62. The Balaban J connectivity index is 1.76. The van der Waals surface area contributed by atoms with E-state index in [2.05, 4.69) is 37.8 Å². The van der Waals surface area contributed by atoms with E-state index in [0.29, 0.717) is 0 Å². The summed E-state index contributed by atoms with van der Waals surface area (Å²) in [5.74, 6) is 3.47. The van der Waals surface area contributed by atoms with Crippen molar-refractivity contribution in [2.75, 3.05) is 24.7 Å². The van der Waals surface area contributed by atoms with E-state index >= 15 is 0 Å². The fourth-order valence-corrected chi connectivity index (χ4v) is 4.36. The molecule has 2 nitrogen and oxygen atoms in total. The van der Waals surface area contributed by atoms with Crippen LogP contribution in [0.15, 0.2) is 0 Å². The first-order valence-electron chi connectivity index (χ1n) is 7.46.